The molecule has 1 aromatic rings. The molecule has 1 nitrogen and oxygen atoms in total. The zero-order valence-electron chi connectivity index (χ0n) is 13.8. The van der Waals surface area contributed by atoms with Crippen LogP contribution in [0.15, 0.2) is 23.2 Å². The maximum Gasteiger partial charge on any atom is 0.123 e. The lowest BCUT2D eigenvalue weighted by molar-refractivity contribution is 0.586. The molecule has 1 aromatic carbocycles. The third kappa shape index (κ3) is 4.01. The van der Waals surface area contributed by atoms with E-state index >= 15 is 0 Å². The van der Waals surface area contributed by atoms with E-state index in [1.165, 1.54) is 5.19 Å². The fraction of sp³-hybridized carbons (Fsp3) is 0.588. The standard InChI is InChI=1S/C17H28FNSi/c1-7-20(8-2,9-3)16-12-15(18)11-10-14(16)13-19-17(4,5)6/h10-13H,7-9H2,1-6H3. The van der Waals surface area contributed by atoms with Crippen molar-refractivity contribution in [3.8, 4) is 0 Å². The van der Waals surface area contributed by atoms with Crippen LogP contribution in [0.25, 0.3) is 0 Å². The van der Waals surface area contributed by atoms with E-state index < -0.39 is 8.07 Å². The summed E-state index contributed by atoms with van der Waals surface area (Å²) < 4.78 is 13.7. The summed E-state index contributed by atoms with van der Waals surface area (Å²) in [7, 11) is -1.60. The van der Waals surface area contributed by atoms with E-state index in [-0.39, 0.29) is 11.4 Å². The average Bonchev–Trinajstić information content (AvgIpc) is 2.39. The van der Waals surface area contributed by atoms with E-state index in [1.54, 1.807) is 12.1 Å². The average molecular weight is 294 g/mol. The normalized spacial score (nSPS) is 13.2. The van der Waals surface area contributed by atoms with Gasteiger partial charge in [-0.25, -0.2) is 4.39 Å². The summed E-state index contributed by atoms with van der Waals surface area (Å²) in [6.07, 6.45) is 1.94. The first-order valence-corrected chi connectivity index (χ1v) is 10.3. The fourth-order valence-electron chi connectivity index (χ4n) is 2.68. The maximum atomic E-state index is 13.7. The Bertz CT molecular complexity index is 462. The van der Waals surface area contributed by atoms with Crippen molar-refractivity contribution in [2.45, 2.75) is 65.2 Å². The van der Waals surface area contributed by atoms with Crippen LogP contribution in [0.3, 0.4) is 0 Å². The van der Waals surface area contributed by atoms with Crippen molar-refractivity contribution in [3.05, 3.63) is 29.6 Å². The molecule has 0 spiro atoms. The first-order valence-electron chi connectivity index (χ1n) is 7.63. The largest absolute Gasteiger partial charge is 0.287 e. The van der Waals surface area contributed by atoms with Crippen LogP contribution in [0, 0.1) is 5.82 Å². The third-order valence-corrected chi connectivity index (χ3v) is 9.84. The second-order valence-corrected chi connectivity index (χ2v) is 11.7. The van der Waals surface area contributed by atoms with Gasteiger partial charge >= 0.3 is 0 Å². The SMILES string of the molecule is CC[Si](CC)(CC)c1cc(F)ccc1C=NC(C)(C)C. The minimum absolute atomic E-state index is 0.0967. The van der Waals surface area contributed by atoms with Crippen molar-refractivity contribution in [1.29, 1.82) is 0 Å². The Morgan fingerprint density at radius 3 is 2.10 bits per heavy atom. The van der Waals surface area contributed by atoms with Crippen molar-refractivity contribution in [2.75, 3.05) is 0 Å². The molecule has 0 unspecified atom stereocenters. The van der Waals surface area contributed by atoms with Gasteiger partial charge in [-0.3, -0.25) is 4.99 Å². The maximum absolute atomic E-state index is 13.7. The molecule has 0 bridgehead atoms. The molecular weight excluding hydrogens is 265 g/mol. The Morgan fingerprint density at radius 1 is 1.10 bits per heavy atom. The van der Waals surface area contributed by atoms with Crippen molar-refractivity contribution < 1.29 is 4.39 Å². The molecule has 0 aliphatic rings. The van der Waals surface area contributed by atoms with Crippen molar-refractivity contribution in [2.24, 2.45) is 4.99 Å². The Hall–Kier alpha value is -0.963. The molecule has 0 amide bonds. The summed E-state index contributed by atoms with van der Waals surface area (Å²) in [4.78, 5) is 4.61. The summed E-state index contributed by atoms with van der Waals surface area (Å²) in [6, 6.07) is 8.66. The highest BCUT2D eigenvalue weighted by atomic mass is 28.3. The van der Waals surface area contributed by atoms with Crippen molar-refractivity contribution in [3.63, 3.8) is 0 Å². The quantitative estimate of drug-likeness (QED) is 0.548. The molecule has 0 saturated carbocycles. The highest BCUT2D eigenvalue weighted by molar-refractivity contribution is 6.92. The van der Waals surface area contributed by atoms with E-state index in [1.807, 2.05) is 12.3 Å². The molecule has 0 fully saturated rings. The number of aliphatic imine (C=N–C) groups is 1. The van der Waals surface area contributed by atoms with Gasteiger partial charge in [0, 0.05) is 6.21 Å². The second kappa shape index (κ2) is 6.66. The number of hydrogen-bond donors (Lipinski definition) is 0. The Kier molecular flexibility index (Phi) is 5.69. The van der Waals surface area contributed by atoms with E-state index in [0.29, 0.717) is 0 Å². The monoisotopic (exact) mass is 293 g/mol. The minimum Gasteiger partial charge on any atom is -0.287 e. The summed E-state index contributed by atoms with van der Waals surface area (Å²) in [6.45, 7) is 13.0. The van der Waals surface area contributed by atoms with Gasteiger partial charge in [0.1, 0.15) is 5.82 Å². The van der Waals surface area contributed by atoms with Crippen LogP contribution in [0.4, 0.5) is 4.39 Å². The lowest BCUT2D eigenvalue weighted by atomic mass is 10.1. The number of nitrogens with zero attached hydrogens (tertiary/aromatic N) is 1. The summed E-state index contributed by atoms with van der Waals surface area (Å²) in [5.41, 5.74) is 1.01. The molecule has 1 rings (SSSR count). The van der Waals surface area contributed by atoms with Gasteiger partial charge in [-0.2, -0.15) is 0 Å². The van der Waals surface area contributed by atoms with Crippen LogP contribution >= 0.6 is 0 Å². The molecule has 0 radical (unpaired) electrons. The molecule has 0 aromatic heterocycles. The van der Waals surface area contributed by atoms with Crippen molar-refractivity contribution >= 4 is 19.5 Å². The van der Waals surface area contributed by atoms with E-state index in [2.05, 4.69) is 46.5 Å². The van der Waals surface area contributed by atoms with Gasteiger partial charge < -0.3 is 0 Å². The molecule has 0 aliphatic carbocycles. The molecule has 0 saturated heterocycles. The molecule has 0 aliphatic heterocycles. The molecular formula is C17H28FNSi. The minimum atomic E-state index is -1.60. The van der Waals surface area contributed by atoms with E-state index in [0.717, 1.165) is 23.7 Å². The number of halogens is 1. The Balaban J connectivity index is 3.37. The molecule has 0 heterocycles. The first kappa shape index (κ1) is 17.1. The predicted molar refractivity (Wildman–Crippen MR) is 90.6 cm³/mol. The highest BCUT2D eigenvalue weighted by Gasteiger charge is 2.31. The van der Waals surface area contributed by atoms with Crippen LogP contribution in [0.1, 0.15) is 47.1 Å². The fourth-order valence-corrected chi connectivity index (χ4v) is 6.53. The molecule has 20 heavy (non-hydrogen) atoms. The van der Waals surface area contributed by atoms with Gasteiger partial charge in [-0.15, -0.1) is 0 Å². The van der Waals surface area contributed by atoms with Gasteiger partial charge in [0.2, 0.25) is 0 Å². The van der Waals surface area contributed by atoms with Gasteiger partial charge in [-0.1, -0.05) is 45.0 Å². The molecule has 3 heteroatoms. The lowest BCUT2D eigenvalue weighted by Crippen LogP contribution is -2.47. The van der Waals surface area contributed by atoms with Crippen LogP contribution < -0.4 is 5.19 Å². The van der Waals surface area contributed by atoms with Crippen molar-refractivity contribution in [1.82, 2.24) is 0 Å². The van der Waals surface area contributed by atoms with Gasteiger partial charge in [0.15, 0.2) is 0 Å². The molecule has 0 atom stereocenters. The summed E-state index contributed by atoms with van der Waals surface area (Å²) >= 11 is 0. The van der Waals surface area contributed by atoms with Gasteiger partial charge in [-0.05, 0) is 43.7 Å². The number of hydrogen-bond acceptors (Lipinski definition) is 1. The smallest absolute Gasteiger partial charge is 0.123 e. The summed E-state index contributed by atoms with van der Waals surface area (Å²) in [5.74, 6) is -0.125. The third-order valence-electron chi connectivity index (χ3n) is 4.21. The lowest BCUT2D eigenvalue weighted by Gasteiger charge is -2.30. The van der Waals surface area contributed by atoms with E-state index in [4.69, 9.17) is 0 Å². The van der Waals surface area contributed by atoms with E-state index in [9.17, 15) is 4.39 Å². The predicted octanol–water partition coefficient (Wildman–Crippen LogP) is 4.76. The summed E-state index contributed by atoms with van der Waals surface area (Å²) in [5, 5.41) is 1.23. The molecule has 0 N–H and O–H groups in total. The van der Waals surface area contributed by atoms with Crippen LogP contribution in [0.5, 0.6) is 0 Å². The number of benzene rings is 1. The zero-order valence-corrected chi connectivity index (χ0v) is 14.8. The van der Waals surface area contributed by atoms with Crippen LogP contribution in [-0.4, -0.2) is 19.8 Å². The highest BCUT2D eigenvalue weighted by Crippen LogP contribution is 2.22. The Morgan fingerprint density at radius 2 is 1.65 bits per heavy atom. The van der Waals surface area contributed by atoms with Crippen LogP contribution in [-0.2, 0) is 0 Å². The topological polar surface area (TPSA) is 12.4 Å². The zero-order chi connectivity index (χ0) is 15.4. The van der Waals surface area contributed by atoms with Gasteiger partial charge in [0.25, 0.3) is 0 Å². The van der Waals surface area contributed by atoms with Crippen LogP contribution in [0.2, 0.25) is 18.1 Å². The van der Waals surface area contributed by atoms with Gasteiger partial charge in [0.05, 0.1) is 13.6 Å². The second-order valence-electron chi connectivity index (χ2n) is 6.50. The first-order chi connectivity index (χ1) is 9.28. The molecule has 112 valence electrons. The Labute approximate surface area is 124 Å². The number of rotatable bonds is 5.